The molecule has 0 radical (unpaired) electrons. The van der Waals surface area contributed by atoms with Gasteiger partial charge >= 0.3 is 5.69 Å². The molecule has 0 bridgehead atoms. The number of aryl methyl sites for hydroxylation is 2. The van der Waals surface area contributed by atoms with Gasteiger partial charge in [0.2, 0.25) is 5.95 Å². The lowest BCUT2D eigenvalue weighted by Gasteiger charge is -2.29. The van der Waals surface area contributed by atoms with Gasteiger partial charge in [0, 0.05) is 37.2 Å². The van der Waals surface area contributed by atoms with E-state index in [-0.39, 0.29) is 23.0 Å². The molecule has 2 aromatic rings. The molecule has 2 aliphatic heterocycles. The maximum atomic E-state index is 11.6. The van der Waals surface area contributed by atoms with Crippen LogP contribution in [-0.2, 0) is 13.0 Å². The highest BCUT2D eigenvalue weighted by Crippen LogP contribution is 2.45. The first-order valence-corrected chi connectivity index (χ1v) is 9.18. The van der Waals surface area contributed by atoms with Gasteiger partial charge in [0.25, 0.3) is 0 Å². The molecule has 1 aromatic heterocycles. The molecular formula is C14H16Br2ClN5O2. The predicted octanol–water partition coefficient (Wildman–Crippen LogP) is 3.25. The van der Waals surface area contributed by atoms with Gasteiger partial charge in [-0.25, -0.2) is 4.98 Å². The number of piperazine rings is 1. The molecule has 0 atom stereocenters. The van der Waals surface area contributed by atoms with Crippen LogP contribution in [0.1, 0.15) is 12.0 Å². The molecule has 0 aliphatic carbocycles. The number of nitro groups is 1. The van der Waals surface area contributed by atoms with E-state index >= 15 is 0 Å². The van der Waals surface area contributed by atoms with Gasteiger partial charge in [-0.15, -0.1) is 12.4 Å². The van der Waals surface area contributed by atoms with Crippen molar-refractivity contribution in [1.82, 2.24) is 14.9 Å². The summed E-state index contributed by atoms with van der Waals surface area (Å²) in [6, 6.07) is 0. The number of hydrogen-bond acceptors (Lipinski definition) is 5. The Morgan fingerprint density at radius 3 is 2.54 bits per heavy atom. The number of nitrogens with zero attached hydrogens (tertiary/aromatic N) is 4. The SMILES string of the molecule is Cl.O=[N+]([O-])c1c(Br)c(Br)c2c3c1nc(N1CCNCC1)n3CCC2. The van der Waals surface area contributed by atoms with E-state index in [0.717, 1.165) is 67.1 Å². The van der Waals surface area contributed by atoms with Crippen molar-refractivity contribution in [3.8, 4) is 0 Å². The van der Waals surface area contributed by atoms with E-state index in [0.29, 0.717) is 9.99 Å². The number of hydrogen-bond donors (Lipinski definition) is 1. The molecule has 0 amide bonds. The van der Waals surface area contributed by atoms with Crippen molar-refractivity contribution in [1.29, 1.82) is 0 Å². The van der Waals surface area contributed by atoms with Crippen LogP contribution in [0.4, 0.5) is 11.6 Å². The fourth-order valence-electron chi connectivity index (χ4n) is 3.48. The van der Waals surface area contributed by atoms with E-state index in [1.54, 1.807) is 0 Å². The number of rotatable bonds is 2. The van der Waals surface area contributed by atoms with Crippen LogP contribution in [0.2, 0.25) is 0 Å². The molecule has 2 aliphatic rings. The second-order valence-electron chi connectivity index (χ2n) is 5.81. The molecule has 7 nitrogen and oxygen atoms in total. The Morgan fingerprint density at radius 2 is 1.88 bits per heavy atom. The van der Waals surface area contributed by atoms with Crippen molar-refractivity contribution >= 4 is 66.9 Å². The fraction of sp³-hybridized carbons (Fsp3) is 0.500. The highest BCUT2D eigenvalue weighted by atomic mass is 79.9. The second-order valence-corrected chi connectivity index (χ2v) is 7.40. The fourth-order valence-corrected chi connectivity index (χ4v) is 4.63. The monoisotopic (exact) mass is 479 g/mol. The van der Waals surface area contributed by atoms with Crippen LogP contribution in [0.5, 0.6) is 0 Å². The maximum Gasteiger partial charge on any atom is 0.312 e. The summed E-state index contributed by atoms with van der Waals surface area (Å²) < 4.78 is 3.43. The predicted molar refractivity (Wildman–Crippen MR) is 102 cm³/mol. The third kappa shape index (κ3) is 2.61. The Balaban J connectivity index is 0.00000169. The molecule has 1 N–H and O–H groups in total. The van der Waals surface area contributed by atoms with Gasteiger partial charge in [0.15, 0.2) is 5.52 Å². The number of imidazole rings is 1. The smallest absolute Gasteiger partial charge is 0.312 e. The summed E-state index contributed by atoms with van der Waals surface area (Å²) in [5.41, 5.74) is 2.56. The normalized spacial score (nSPS) is 17.0. The summed E-state index contributed by atoms with van der Waals surface area (Å²) in [7, 11) is 0. The average molecular weight is 482 g/mol. The van der Waals surface area contributed by atoms with E-state index in [2.05, 4.69) is 46.6 Å². The number of aromatic nitrogens is 2. The molecule has 24 heavy (non-hydrogen) atoms. The molecule has 0 saturated carbocycles. The Morgan fingerprint density at radius 1 is 1.17 bits per heavy atom. The number of halogens is 3. The van der Waals surface area contributed by atoms with Crippen LogP contribution in [0.3, 0.4) is 0 Å². The highest BCUT2D eigenvalue weighted by molar-refractivity contribution is 9.13. The Bertz CT molecular complexity index is 820. The van der Waals surface area contributed by atoms with Crippen LogP contribution < -0.4 is 10.2 Å². The summed E-state index contributed by atoms with van der Waals surface area (Å²) in [5, 5.41) is 14.9. The first-order chi connectivity index (χ1) is 11.1. The van der Waals surface area contributed by atoms with Crippen LogP contribution >= 0.6 is 44.3 Å². The third-order valence-corrected chi connectivity index (χ3v) is 6.69. The molecule has 4 rings (SSSR count). The Kier molecular flexibility index (Phi) is 5.06. The highest BCUT2D eigenvalue weighted by Gasteiger charge is 2.32. The lowest BCUT2D eigenvalue weighted by atomic mass is 10.0. The van der Waals surface area contributed by atoms with Crippen LogP contribution in [0.15, 0.2) is 8.95 Å². The summed E-state index contributed by atoms with van der Waals surface area (Å²) in [5.74, 6) is 0.857. The second kappa shape index (κ2) is 6.78. The largest absolute Gasteiger partial charge is 0.340 e. The molecule has 10 heteroatoms. The Hall–Kier alpha value is -0.900. The lowest BCUT2D eigenvalue weighted by molar-refractivity contribution is -0.384. The van der Waals surface area contributed by atoms with Gasteiger partial charge in [0.1, 0.15) is 4.47 Å². The van der Waals surface area contributed by atoms with Crippen molar-refractivity contribution in [3.05, 3.63) is 24.6 Å². The number of nitrogens with one attached hydrogen (secondary N) is 1. The zero-order chi connectivity index (χ0) is 16.1. The van der Waals surface area contributed by atoms with Crippen molar-refractivity contribution < 1.29 is 4.92 Å². The minimum absolute atomic E-state index is 0. The first kappa shape index (κ1) is 17.9. The molecule has 0 unspecified atom stereocenters. The van der Waals surface area contributed by atoms with Gasteiger partial charge in [-0.3, -0.25) is 10.1 Å². The minimum Gasteiger partial charge on any atom is -0.340 e. The molecule has 130 valence electrons. The minimum atomic E-state index is -0.346. The molecule has 3 heterocycles. The van der Waals surface area contributed by atoms with E-state index < -0.39 is 0 Å². The van der Waals surface area contributed by atoms with Gasteiger partial charge < -0.3 is 14.8 Å². The molecule has 0 spiro atoms. The molecule has 1 fully saturated rings. The van der Waals surface area contributed by atoms with Gasteiger partial charge in [-0.1, -0.05) is 0 Å². The van der Waals surface area contributed by atoms with Crippen molar-refractivity contribution in [2.24, 2.45) is 0 Å². The van der Waals surface area contributed by atoms with Gasteiger partial charge in [0.05, 0.1) is 10.4 Å². The molecular weight excluding hydrogens is 465 g/mol. The first-order valence-electron chi connectivity index (χ1n) is 7.59. The summed E-state index contributed by atoms with van der Waals surface area (Å²) in [4.78, 5) is 18.2. The zero-order valence-electron chi connectivity index (χ0n) is 12.7. The van der Waals surface area contributed by atoms with E-state index in [9.17, 15) is 10.1 Å². The standard InChI is InChI=1S/C14H15Br2N5O2.ClH/c15-9-8-2-1-5-20-12(8)11(13(10(9)16)21(22)23)18-14(20)19-6-3-17-4-7-19;/h17H,1-7H2;1H. The van der Waals surface area contributed by atoms with Gasteiger partial charge in [-0.2, -0.15) is 0 Å². The quantitative estimate of drug-likeness (QED) is 0.527. The summed E-state index contributed by atoms with van der Waals surface area (Å²) in [6.07, 6.45) is 1.92. The topological polar surface area (TPSA) is 76.2 Å². The summed E-state index contributed by atoms with van der Waals surface area (Å²) in [6.45, 7) is 4.41. The molecule has 1 aromatic carbocycles. The van der Waals surface area contributed by atoms with Crippen molar-refractivity contribution in [2.45, 2.75) is 19.4 Å². The third-order valence-electron chi connectivity index (χ3n) is 4.51. The van der Waals surface area contributed by atoms with E-state index in [4.69, 9.17) is 4.98 Å². The van der Waals surface area contributed by atoms with Crippen molar-refractivity contribution in [2.75, 3.05) is 31.1 Å². The van der Waals surface area contributed by atoms with E-state index in [1.807, 2.05) is 0 Å². The number of nitro benzene ring substituents is 1. The van der Waals surface area contributed by atoms with Crippen LogP contribution in [0.25, 0.3) is 11.0 Å². The number of anilines is 1. The van der Waals surface area contributed by atoms with Crippen molar-refractivity contribution in [3.63, 3.8) is 0 Å². The summed E-state index contributed by atoms with van der Waals surface area (Å²) >= 11 is 6.92. The van der Waals surface area contributed by atoms with E-state index in [1.165, 1.54) is 0 Å². The zero-order valence-corrected chi connectivity index (χ0v) is 16.7. The van der Waals surface area contributed by atoms with Crippen LogP contribution in [-0.4, -0.2) is 40.7 Å². The van der Waals surface area contributed by atoms with Crippen LogP contribution in [0, 0.1) is 10.1 Å². The lowest BCUT2D eigenvalue weighted by Crippen LogP contribution is -2.44. The van der Waals surface area contributed by atoms with Gasteiger partial charge in [-0.05, 0) is 50.3 Å². The Labute approximate surface area is 161 Å². The average Bonchev–Trinajstić information content (AvgIpc) is 2.93. The number of benzene rings is 1. The molecule has 1 saturated heterocycles. The maximum absolute atomic E-state index is 11.6.